The predicted octanol–water partition coefficient (Wildman–Crippen LogP) is 5.01. The van der Waals surface area contributed by atoms with Gasteiger partial charge in [-0.1, -0.05) is 37.3 Å². The molecule has 2 unspecified atom stereocenters. The van der Waals surface area contributed by atoms with Gasteiger partial charge >= 0.3 is 0 Å². The third-order valence-corrected chi connectivity index (χ3v) is 7.02. The SMILES string of the molecule is CC1CCCN(c2cc(N3CCCCC3C)nc(NC(=S)NCCCc3ccccc3)n2)C1. The van der Waals surface area contributed by atoms with Crippen molar-refractivity contribution in [3.05, 3.63) is 42.0 Å². The second-order valence-electron chi connectivity index (χ2n) is 9.61. The predicted molar refractivity (Wildman–Crippen MR) is 142 cm³/mol. The molecular weight excluding hydrogens is 428 g/mol. The Balaban J connectivity index is 1.42. The summed E-state index contributed by atoms with van der Waals surface area (Å²) in [6, 6.07) is 13.2. The third-order valence-electron chi connectivity index (χ3n) is 6.77. The van der Waals surface area contributed by atoms with Crippen molar-refractivity contribution in [2.45, 2.75) is 64.8 Å². The van der Waals surface area contributed by atoms with E-state index in [1.807, 2.05) is 0 Å². The number of thiocarbonyl (C=S) groups is 1. The number of hydrogen-bond acceptors (Lipinski definition) is 5. The van der Waals surface area contributed by atoms with Crippen molar-refractivity contribution in [3.63, 3.8) is 0 Å². The van der Waals surface area contributed by atoms with Crippen LogP contribution in [0.1, 0.15) is 57.9 Å². The van der Waals surface area contributed by atoms with Gasteiger partial charge < -0.3 is 20.4 Å². The molecule has 0 saturated carbocycles. The van der Waals surface area contributed by atoms with Crippen LogP contribution >= 0.6 is 12.2 Å². The largest absolute Gasteiger partial charge is 0.362 e. The molecule has 4 rings (SSSR count). The van der Waals surface area contributed by atoms with Crippen LogP contribution in [0.5, 0.6) is 0 Å². The molecule has 7 heteroatoms. The topological polar surface area (TPSA) is 56.3 Å². The first-order valence-corrected chi connectivity index (χ1v) is 13.0. The quantitative estimate of drug-likeness (QED) is 0.439. The second-order valence-corrected chi connectivity index (χ2v) is 10.0. The van der Waals surface area contributed by atoms with Crippen molar-refractivity contribution < 1.29 is 0 Å². The Morgan fingerprint density at radius 3 is 2.64 bits per heavy atom. The zero-order chi connectivity index (χ0) is 23.0. The summed E-state index contributed by atoms with van der Waals surface area (Å²) in [7, 11) is 0. The molecule has 0 bridgehead atoms. The highest BCUT2D eigenvalue weighted by molar-refractivity contribution is 7.80. The molecule has 0 spiro atoms. The molecule has 2 aliphatic heterocycles. The van der Waals surface area contributed by atoms with Crippen molar-refractivity contribution in [2.24, 2.45) is 5.92 Å². The average molecular weight is 467 g/mol. The van der Waals surface area contributed by atoms with Gasteiger partial charge in [-0.05, 0) is 75.6 Å². The molecule has 1 aromatic heterocycles. The van der Waals surface area contributed by atoms with Gasteiger partial charge in [-0.25, -0.2) is 0 Å². The van der Waals surface area contributed by atoms with E-state index in [9.17, 15) is 0 Å². The van der Waals surface area contributed by atoms with Crippen LogP contribution in [0.3, 0.4) is 0 Å². The van der Waals surface area contributed by atoms with Crippen LogP contribution in [-0.2, 0) is 6.42 Å². The number of benzene rings is 1. The van der Waals surface area contributed by atoms with E-state index in [2.05, 4.69) is 70.7 Å². The summed E-state index contributed by atoms with van der Waals surface area (Å²) in [4.78, 5) is 14.6. The van der Waals surface area contributed by atoms with Crippen LogP contribution in [-0.4, -0.2) is 47.3 Å². The van der Waals surface area contributed by atoms with Crippen molar-refractivity contribution in [1.29, 1.82) is 0 Å². The summed E-state index contributed by atoms with van der Waals surface area (Å²) < 4.78 is 0. The molecule has 0 amide bonds. The monoisotopic (exact) mass is 466 g/mol. The number of nitrogens with zero attached hydrogens (tertiary/aromatic N) is 4. The normalized spacial score (nSPS) is 21.0. The van der Waals surface area contributed by atoms with E-state index < -0.39 is 0 Å². The van der Waals surface area contributed by atoms with E-state index in [1.54, 1.807) is 0 Å². The molecule has 2 saturated heterocycles. The van der Waals surface area contributed by atoms with E-state index in [-0.39, 0.29) is 0 Å². The van der Waals surface area contributed by atoms with Gasteiger partial charge in [0.05, 0.1) is 0 Å². The Hall–Kier alpha value is -2.41. The number of hydrogen-bond donors (Lipinski definition) is 2. The smallest absolute Gasteiger partial charge is 0.232 e. The van der Waals surface area contributed by atoms with E-state index in [1.165, 1.54) is 37.7 Å². The van der Waals surface area contributed by atoms with Gasteiger partial charge in [-0.2, -0.15) is 9.97 Å². The molecule has 3 heterocycles. The first kappa shape index (κ1) is 23.7. The Kier molecular flexibility index (Phi) is 8.37. The average Bonchev–Trinajstić information content (AvgIpc) is 2.82. The lowest BCUT2D eigenvalue weighted by Gasteiger charge is -2.36. The Morgan fingerprint density at radius 1 is 1.03 bits per heavy atom. The molecule has 1 aromatic carbocycles. The van der Waals surface area contributed by atoms with E-state index in [4.69, 9.17) is 22.2 Å². The molecular formula is C26H38N6S. The molecule has 178 valence electrons. The minimum atomic E-state index is 0.498. The molecule has 2 aromatic rings. The van der Waals surface area contributed by atoms with Crippen LogP contribution in [0.2, 0.25) is 0 Å². The lowest BCUT2D eigenvalue weighted by atomic mass is 10.0. The van der Waals surface area contributed by atoms with Gasteiger partial charge in [0.25, 0.3) is 0 Å². The molecule has 2 atom stereocenters. The summed E-state index contributed by atoms with van der Waals surface area (Å²) in [5.41, 5.74) is 1.35. The number of aryl methyl sites for hydroxylation is 1. The van der Waals surface area contributed by atoms with Crippen molar-refractivity contribution in [2.75, 3.05) is 41.3 Å². The second kappa shape index (κ2) is 11.6. The number of anilines is 3. The summed E-state index contributed by atoms with van der Waals surface area (Å²) in [6.45, 7) is 8.60. The molecule has 0 radical (unpaired) electrons. The summed E-state index contributed by atoms with van der Waals surface area (Å²) in [5.74, 6) is 3.31. The maximum absolute atomic E-state index is 5.58. The van der Waals surface area contributed by atoms with E-state index in [0.29, 0.717) is 23.0 Å². The Labute approximate surface area is 204 Å². The van der Waals surface area contributed by atoms with Crippen molar-refractivity contribution in [3.8, 4) is 0 Å². The fourth-order valence-electron chi connectivity index (χ4n) is 4.91. The van der Waals surface area contributed by atoms with Gasteiger partial charge in [0.1, 0.15) is 11.6 Å². The Morgan fingerprint density at radius 2 is 1.85 bits per heavy atom. The van der Waals surface area contributed by atoms with Gasteiger partial charge in [0.2, 0.25) is 5.95 Å². The van der Waals surface area contributed by atoms with Crippen LogP contribution in [0.4, 0.5) is 17.6 Å². The highest BCUT2D eigenvalue weighted by Crippen LogP contribution is 2.29. The maximum atomic E-state index is 5.58. The van der Waals surface area contributed by atoms with E-state index >= 15 is 0 Å². The number of aromatic nitrogens is 2. The standard InChI is InChI=1S/C26H38N6S/c1-20-10-9-16-31(19-20)23-18-24(32-17-7-6-11-21(32)2)29-25(28-23)30-26(33)27-15-8-14-22-12-4-3-5-13-22/h3-5,12-13,18,20-21H,6-11,14-17,19H2,1-2H3,(H2,27,28,29,30,33). The minimum Gasteiger partial charge on any atom is -0.362 e. The van der Waals surface area contributed by atoms with Gasteiger partial charge in [0.15, 0.2) is 5.11 Å². The molecule has 2 N–H and O–H groups in total. The molecule has 0 aliphatic carbocycles. The van der Waals surface area contributed by atoms with Gasteiger partial charge in [-0.3, -0.25) is 0 Å². The molecule has 2 fully saturated rings. The van der Waals surface area contributed by atoms with Crippen LogP contribution in [0.15, 0.2) is 36.4 Å². The highest BCUT2D eigenvalue weighted by Gasteiger charge is 2.24. The third kappa shape index (κ3) is 6.79. The molecule has 2 aliphatic rings. The molecule has 33 heavy (non-hydrogen) atoms. The van der Waals surface area contributed by atoms with Crippen LogP contribution < -0.4 is 20.4 Å². The maximum Gasteiger partial charge on any atom is 0.232 e. The van der Waals surface area contributed by atoms with Gasteiger partial charge in [-0.15, -0.1) is 0 Å². The first-order chi connectivity index (χ1) is 16.1. The fraction of sp³-hybridized carbons (Fsp3) is 0.577. The lowest BCUT2D eigenvalue weighted by molar-refractivity contribution is 0.444. The highest BCUT2D eigenvalue weighted by atomic mass is 32.1. The summed E-state index contributed by atoms with van der Waals surface area (Å²) >= 11 is 5.58. The van der Waals surface area contributed by atoms with Crippen molar-refractivity contribution in [1.82, 2.24) is 15.3 Å². The summed E-state index contributed by atoms with van der Waals surface area (Å²) in [6.07, 6.45) is 8.28. The number of rotatable bonds is 7. The van der Waals surface area contributed by atoms with Gasteiger partial charge in [0, 0.05) is 38.3 Å². The zero-order valence-corrected chi connectivity index (χ0v) is 20.9. The van der Waals surface area contributed by atoms with Crippen LogP contribution in [0.25, 0.3) is 0 Å². The Bertz CT molecular complexity index is 905. The zero-order valence-electron chi connectivity index (χ0n) is 20.1. The molecule has 6 nitrogen and oxygen atoms in total. The van der Waals surface area contributed by atoms with Crippen molar-refractivity contribution >= 4 is 34.9 Å². The lowest BCUT2D eigenvalue weighted by Crippen LogP contribution is -2.39. The number of nitrogens with one attached hydrogen (secondary N) is 2. The number of piperidine rings is 2. The summed E-state index contributed by atoms with van der Waals surface area (Å²) in [5, 5.41) is 7.19. The van der Waals surface area contributed by atoms with E-state index in [0.717, 1.165) is 50.7 Å². The fourth-order valence-corrected chi connectivity index (χ4v) is 5.10. The minimum absolute atomic E-state index is 0.498. The van der Waals surface area contributed by atoms with Crippen LogP contribution in [0, 0.1) is 5.92 Å². The first-order valence-electron chi connectivity index (χ1n) is 12.6.